The van der Waals surface area contributed by atoms with Crippen LogP contribution in [0.5, 0.6) is 11.5 Å². The van der Waals surface area contributed by atoms with Crippen LogP contribution in [-0.2, 0) is 14.3 Å². The van der Waals surface area contributed by atoms with E-state index in [1.54, 1.807) is 48.5 Å². The standard InChI is InChI=1S/C19H20ClNO5/c1-3-24-16-9-4-5-10-17(16)25-12-18(22)26-13(2)19(23)21-15-8-6-7-14(20)11-15/h4-11,13H,3,12H2,1-2H3,(H,21,23)/t13-/m1/s1. The Morgan fingerprint density at radius 3 is 2.42 bits per heavy atom. The third-order valence-corrected chi connectivity index (χ3v) is 3.50. The number of benzene rings is 2. The first kappa shape index (κ1) is 19.6. The summed E-state index contributed by atoms with van der Waals surface area (Å²) in [5.74, 6) is -0.155. The molecule has 6 nitrogen and oxygen atoms in total. The Kier molecular flexibility index (Phi) is 7.29. The fourth-order valence-corrected chi connectivity index (χ4v) is 2.27. The minimum Gasteiger partial charge on any atom is -0.490 e. The molecule has 2 aromatic carbocycles. The lowest BCUT2D eigenvalue weighted by Crippen LogP contribution is -2.31. The Hall–Kier alpha value is -2.73. The molecule has 0 bridgehead atoms. The Morgan fingerprint density at radius 1 is 1.08 bits per heavy atom. The second-order valence-electron chi connectivity index (χ2n) is 5.30. The Bertz CT molecular complexity index is 765. The molecule has 0 aliphatic carbocycles. The van der Waals surface area contributed by atoms with Crippen LogP contribution in [-0.4, -0.2) is 31.2 Å². The molecule has 0 aliphatic rings. The molecule has 0 spiro atoms. The van der Waals surface area contributed by atoms with Crippen molar-refractivity contribution in [1.82, 2.24) is 0 Å². The first-order chi connectivity index (χ1) is 12.5. The number of halogens is 1. The van der Waals surface area contributed by atoms with E-state index in [4.69, 9.17) is 25.8 Å². The SMILES string of the molecule is CCOc1ccccc1OCC(=O)O[C@H](C)C(=O)Nc1cccc(Cl)c1. The summed E-state index contributed by atoms with van der Waals surface area (Å²) in [4.78, 5) is 24.0. The van der Waals surface area contributed by atoms with E-state index in [0.29, 0.717) is 28.8 Å². The van der Waals surface area contributed by atoms with Gasteiger partial charge in [0.15, 0.2) is 24.2 Å². The fraction of sp³-hybridized carbons (Fsp3) is 0.263. The Balaban J connectivity index is 1.84. The predicted octanol–water partition coefficient (Wildman–Crippen LogP) is 3.69. The highest BCUT2D eigenvalue weighted by Gasteiger charge is 2.19. The number of rotatable bonds is 8. The number of carbonyl (C=O) groups excluding carboxylic acids is 2. The maximum atomic E-state index is 12.1. The number of amides is 1. The molecule has 0 unspecified atom stereocenters. The van der Waals surface area contributed by atoms with Crippen LogP contribution in [0.25, 0.3) is 0 Å². The average molecular weight is 378 g/mol. The highest BCUT2D eigenvalue weighted by atomic mass is 35.5. The van der Waals surface area contributed by atoms with Crippen LogP contribution in [0.1, 0.15) is 13.8 Å². The summed E-state index contributed by atoms with van der Waals surface area (Å²) in [6, 6.07) is 13.7. The quantitative estimate of drug-likeness (QED) is 0.710. The predicted molar refractivity (Wildman–Crippen MR) is 98.7 cm³/mol. The Labute approximate surface area is 157 Å². The molecule has 1 atom stereocenters. The van der Waals surface area contributed by atoms with E-state index < -0.39 is 18.0 Å². The number of ether oxygens (including phenoxy) is 3. The molecule has 1 N–H and O–H groups in total. The molecule has 0 saturated heterocycles. The fourth-order valence-electron chi connectivity index (χ4n) is 2.08. The monoisotopic (exact) mass is 377 g/mol. The molecule has 2 rings (SSSR count). The maximum absolute atomic E-state index is 12.1. The molecule has 2 aromatic rings. The van der Waals surface area contributed by atoms with Gasteiger partial charge in [0, 0.05) is 10.7 Å². The number of para-hydroxylation sites is 2. The number of anilines is 1. The van der Waals surface area contributed by atoms with Gasteiger partial charge in [0.05, 0.1) is 6.61 Å². The van der Waals surface area contributed by atoms with Crippen molar-refractivity contribution in [2.45, 2.75) is 20.0 Å². The smallest absolute Gasteiger partial charge is 0.344 e. The summed E-state index contributed by atoms with van der Waals surface area (Å²) in [7, 11) is 0. The third-order valence-electron chi connectivity index (χ3n) is 3.26. The Morgan fingerprint density at radius 2 is 1.77 bits per heavy atom. The molecular weight excluding hydrogens is 358 g/mol. The molecular formula is C19H20ClNO5. The van der Waals surface area contributed by atoms with Crippen LogP contribution in [0.2, 0.25) is 5.02 Å². The lowest BCUT2D eigenvalue weighted by Gasteiger charge is -2.15. The van der Waals surface area contributed by atoms with Gasteiger partial charge in [-0.25, -0.2) is 4.79 Å². The first-order valence-corrected chi connectivity index (χ1v) is 8.48. The van der Waals surface area contributed by atoms with E-state index in [1.165, 1.54) is 6.92 Å². The zero-order chi connectivity index (χ0) is 18.9. The zero-order valence-corrected chi connectivity index (χ0v) is 15.3. The maximum Gasteiger partial charge on any atom is 0.344 e. The van der Waals surface area contributed by atoms with E-state index in [2.05, 4.69) is 5.32 Å². The summed E-state index contributed by atoms with van der Waals surface area (Å²) in [6.45, 7) is 3.47. The van der Waals surface area contributed by atoms with Gasteiger partial charge in [0.2, 0.25) is 0 Å². The van der Waals surface area contributed by atoms with E-state index in [9.17, 15) is 9.59 Å². The number of nitrogens with one attached hydrogen (secondary N) is 1. The van der Waals surface area contributed by atoms with Crippen molar-refractivity contribution in [2.75, 3.05) is 18.5 Å². The molecule has 1 amide bonds. The molecule has 0 radical (unpaired) electrons. The van der Waals surface area contributed by atoms with E-state index in [1.807, 2.05) is 6.92 Å². The van der Waals surface area contributed by atoms with Crippen molar-refractivity contribution in [3.8, 4) is 11.5 Å². The van der Waals surface area contributed by atoms with Crippen LogP contribution >= 0.6 is 11.6 Å². The molecule has 0 aromatic heterocycles. The van der Waals surface area contributed by atoms with Crippen LogP contribution in [0.3, 0.4) is 0 Å². The van der Waals surface area contributed by atoms with E-state index in [-0.39, 0.29) is 6.61 Å². The van der Waals surface area contributed by atoms with Crippen molar-refractivity contribution in [3.63, 3.8) is 0 Å². The van der Waals surface area contributed by atoms with Gasteiger partial charge in [-0.15, -0.1) is 0 Å². The van der Waals surface area contributed by atoms with Gasteiger partial charge in [0.25, 0.3) is 5.91 Å². The molecule has 7 heteroatoms. The minimum absolute atomic E-state index is 0.334. The van der Waals surface area contributed by atoms with E-state index in [0.717, 1.165) is 0 Å². The van der Waals surface area contributed by atoms with Gasteiger partial charge in [0.1, 0.15) is 0 Å². The summed E-state index contributed by atoms with van der Waals surface area (Å²) < 4.78 is 15.9. The van der Waals surface area contributed by atoms with Gasteiger partial charge in [-0.1, -0.05) is 29.8 Å². The molecule has 0 saturated carbocycles. The number of hydrogen-bond acceptors (Lipinski definition) is 5. The van der Waals surface area contributed by atoms with Crippen LogP contribution in [0, 0.1) is 0 Å². The topological polar surface area (TPSA) is 73.9 Å². The molecule has 138 valence electrons. The number of carbonyl (C=O) groups is 2. The van der Waals surface area contributed by atoms with E-state index >= 15 is 0 Å². The second kappa shape index (κ2) is 9.68. The second-order valence-corrected chi connectivity index (χ2v) is 5.74. The van der Waals surface area contributed by atoms with Crippen LogP contribution in [0.15, 0.2) is 48.5 Å². The normalized spacial score (nSPS) is 11.3. The average Bonchev–Trinajstić information content (AvgIpc) is 2.61. The largest absolute Gasteiger partial charge is 0.490 e. The molecule has 0 aliphatic heterocycles. The highest BCUT2D eigenvalue weighted by Crippen LogP contribution is 2.26. The first-order valence-electron chi connectivity index (χ1n) is 8.10. The lowest BCUT2D eigenvalue weighted by atomic mass is 10.3. The van der Waals surface area contributed by atoms with Gasteiger partial charge >= 0.3 is 5.97 Å². The summed E-state index contributed by atoms with van der Waals surface area (Å²) in [6.07, 6.45) is -0.979. The van der Waals surface area contributed by atoms with Crippen molar-refractivity contribution >= 4 is 29.2 Å². The van der Waals surface area contributed by atoms with Crippen LogP contribution < -0.4 is 14.8 Å². The van der Waals surface area contributed by atoms with Gasteiger partial charge < -0.3 is 19.5 Å². The van der Waals surface area contributed by atoms with Crippen molar-refractivity contribution < 1.29 is 23.8 Å². The molecule has 0 heterocycles. The molecule has 26 heavy (non-hydrogen) atoms. The zero-order valence-electron chi connectivity index (χ0n) is 14.5. The summed E-state index contributed by atoms with van der Waals surface area (Å²) in [5.41, 5.74) is 0.521. The van der Waals surface area contributed by atoms with Gasteiger partial charge in [-0.2, -0.15) is 0 Å². The lowest BCUT2D eigenvalue weighted by molar-refractivity contribution is -0.155. The highest BCUT2D eigenvalue weighted by molar-refractivity contribution is 6.30. The minimum atomic E-state index is -0.979. The summed E-state index contributed by atoms with van der Waals surface area (Å²) in [5, 5.41) is 3.12. The molecule has 0 fully saturated rings. The van der Waals surface area contributed by atoms with Crippen molar-refractivity contribution in [3.05, 3.63) is 53.6 Å². The number of esters is 1. The van der Waals surface area contributed by atoms with Crippen molar-refractivity contribution in [1.29, 1.82) is 0 Å². The van der Waals surface area contributed by atoms with Crippen molar-refractivity contribution in [2.24, 2.45) is 0 Å². The third kappa shape index (κ3) is 5.97. The summed E-state index contributed by atoms with van der Waals surface area (Å²) >= 11 is 5.86. The van der Waals surface area contributed by atoms with Crippen LogP contribution in [0.4, 0.5) is 5.69 Å². The van der Waals surface area contributed by atoms with Gasteiger partial charge in [-0.05, 0) is 44.2 Å². The number of hydrogen-bond donors (Lipinski definition) is 1. The van der Waals surface area contributed by atoms with Gasteiger partial charge in [-0.3, -0.25) is 4.79 Å².